The summed E-state index contributed by atoms with van der Waals surface area (Å²) in [4.78, 5) is 29.1. The van der Waals surface area contributed by atoms with Gasteiger partial charge in [0.2, 0.25) is 11.8 Å². The second-order valence-electron chi connectivity index (χ2n) is 9.81. The van der Waals surface area contributed by atoms with Gasteiger partial charge in [-0.2, -0.15) is 0 Å². The average molecular weight is 604 g/mol. The van der Waals surface area contributed by atoms with Crippen LogP contribution in [0.15, 0.2) is 114 Å². The van der Waals surface area contributed by atoms with Crippen LogP contribution in [0.25, 0.3) is 0 Å². The molecule has 0 aromatic heterocycles. The maximum absolute atomic E-state index is 14.3. The minimum absolute atomic E-state index is 0.0637. The summed E-state index contributed by atoms with van der Waals surface area (Å²) in [6, 6.07) is 30.6. The molecule has 4 aromatic carbocycles. The number of carbonyl (C=O) groups is 2. The Bertz CT molecular complexity index is 1580. The van der Waals surface area contributed by atoms with Crippen LogP contribution < -0.4 is 9.62 Å². The molecule has 0 bridgehead atoms. The third kappa shape index (κ3) is 7.57. The van der Waals surface area contributed by atoms with E-state index in [2.05, 4.69) is 5.32 Å². The zero-order valence-electron chi connectivity index (χ0n) is 23.6. The molecule has 1 N–H and O–H groups in total. The summed E-state index contributed by atoms with van der Waals surface area (Å²) in [6.45, 7) is 1.59. The van der Waals surface area contributed by atoms with Crippen molar-refractivity contribution >= 4 is 39.1 Å². The van der Waals surface area contributed by atoms with E-state index in [1.165, 1.54) is 24.1 Å². The molecule has 218 valence electrons. The molecule has 0 fully saturated rings. The minimum Gasteiger partial charge on any atom is -0.357 e. The van der Waals surface area contributed by atoms with E-state index in [4.69, 9.17) is 11.6 Å². The summed E-state index contributed by atoms with van der Waals surface area (Å²) in [5, 5.41) is 3.22. The van der Waals surface area contributed by atoms with Gasteiger partial charge in [-0.3, -0.25) is 13.9 Å². The lowest BCUT2D eigenvalue weighted by Crippen LogP contribution is -2.53. The molecule has 2 amide bonds. The fourth-order valence-electron chi connectivity index (χ4n) is 4.65. The largest absolute Gasteiger partial charge is 0.357 e. The van der Waals surface area contributed by atoms with Crippen molar-refractivity contribution in [3.05, 3.63) is 131 Å². The molecule has 0 radical (unpaired) electrons. The summed E-state index contributed by atoms with van der Waals surface area (Å²) < 4.78 is 29.0. The monoisotopic (exact) mass is 603 g/mol. The molecule has 4 aromatic rings. The van der Waals surface area contributed by atoms with Crippen LogP contribution in [0, 0.1) is 0 Å². The lowest BCUT2D eigenvalue weighted by molar-refractivity contribution is -0.139. The van der Waals surface area contributed by atoms with Crippen LogP contribution in [-0.4, -0.2) is 44.8 Å². The summed E-state index contributed by atoms with van der Waals surface area (Å²) >= 11 is 6.10. The van der Waals surface area contributed by atoms with Gasteiger partial charge >= 0.3 is 0 Å². The molecule has 0 aliphatic heterocycles. The Kier molecular flexibility index (Phi) is 10.4. The number of halogens is 1. The van der Waals surface area contributed by atoms with Gasteiger partial charge in [-0.1, -0.05) is 91.3 Å². The van der Waals surface area contributed by atoms with Crippen LogP contribution in [0.4, 0.5) is 5.69 Å². The maximum atomic E-state index is 14.3. The number of carbonyl (C=O) groups excluding carboxylic acids is 2. The van der Waals surface area contributed by atoms with E-state index < -0.39 is 28.5 Å². The van der Waals surface area contributed by atoms with Gasteiger partial charge in [0.25, 0.3) is 10.0 Å². The number of amides is 2. The summed E-state index contributed by atoms with van der Waals surface area (Å²) in [5.74, 6) is -0.875. The fourth-order valence-corrected chi connectivity index (χ4v) is 6.21. The SMILES string of the molecule is CCc1ccc(N(CC(=O)N(Cc2ccc(Cl)cc2)C(Cc2ccccc2)C(=O)NC)S(=O)(=O)c2ccccc2)cc1. The van der Waals surface area contributed by atoms with Crippen molar-refractivity contribution in [2.75, 3.05) is 17.9 Å². The van der Waals surface area contributed by atoms with Crippen LogP contribution in [0.5, 0.6) is 0 Å². The highest BCUT2D eigenvalue weighted by Crippen LogP contribution is 2.26. The number of anilines is 1. The first-order valence-corrected chi connectivity index (χ1v) is 15.5. The molecule has 9 heteroatoms. The quantitative estimate of drug-likeness (QED) is 0.232. The third-order valence-corrected chi connectivity index (χ3v) is 9.07. The smallest absolute Gasteiger partial charge is 0.264 e. The van der Waals surface area contributed by atoms with Gasteiger partial charge in [-0.25, -0.2) is 8.42 Å². The highest BCUT2D eigenvalue weighted by Gasteiger charge is 2.34. The molecule has 0 aliphatic rings. The molecule has 1 atom stereocenters. The topological polar surface area (TPSA) is 86.8 Å². The number of nitrogens with one attached hydrogen (secondary N) is 1. The summed E-state index contributed by atoms with van der Waals surface area (Å²) in [5.41, 5.74) is 3.01. The zero-order chi connectivity index (χ0) is 30.1. The molecular formula is C33H34ClN3O4S. The predicted octanol–water partition coefficient (Wildman–Crippen LogP) is 5.48. The second-order valence-corrected chi connectivity index (χ2v) is 12.1. The highest BCUT2D eigenvalue weighted by atomic mass is 35.5. The molecule has 1 unspecified atom stereocenters. The number of aryl methyl sites for hydroxylation is 1. The Hall–Kier alpha value is -4.14. The first-order chi connectivity index (χ1) is 20.2. The standard InChI is InChI=1S/C33H34ClN3O4S/c1-3-25-16-20-29(21-17-25)37(42(40,41)30-12-8-5-9-13-30)24-32(38)36(23-27-14-18-28(34)19-15-27)31(33(39)35-2)22-26-10-6-4-7-11-26/h4-21,31H,3,22-24H2,1-2H3,(H,35,39). The van der Waals surface area contributed by atoms with Crippen molar-refractivity contribution in [2.45, 2.75) is 37.2 Å². The van der Waals surface area contributed by atoms with Gasteiger partial charge in [-0.15, -0.1) is 0 Å². The van der Waals surface area contributed by atoms with E-state index in [0.717, 1.165) is 27.4 Å². The highest BCUT2D eigenvalue weighted by molar-refractivity contribution is 7.92. The van der Waals surface area contributed by atoms with Crippen molar-refractivity contribution in [2.24, 2.45) is 0 Å². The Balaban J connectivity index is 1.77. The number of hydrogen-bond acceptors (Lipinski definition) is 4. The molecule has 42 heavy (non-hydrogen) atoms. The minimum atomic E-state index is -4.12. The maximum Gasteiger partial charge on any atom is 0.264 e. The molecule has 4 rings (SSSR count). The van der Waals surface area contributed by atoms with Crippen LogP contribution in [0.1, 0.15) is 23.6 Å². The van der Waals surface area contributed by atoms with Crippen LogP contribution in [0.2, 0.25) is 5.02 Å². The van der Waals surface area contributed by atoms with Crippen molar-refractivity contribution < 1.29 is 18.0 Å². The number of hydrogen-bond donors (Lipinski definition) is 1. The van der Waals surface area contributed by atoms with Crippen molar-refractivity contribution in [1.82, 2.24) is 10.2 Å². The third-order valence-electron chi connectivity index (χ3n) is 7.03. The second kappa shape index (κ2) is 14.2. The van der Waals surface area contributed by atoms with Crippen LogP contribution in [0.3, 0.4) is 0 Å². The van der Waals surface area contributed by atoms with Gasteiger partial charge in [-0.05, 0) is 59.5 Å². The van der Waals surface area contributed by atoms with Crippen molar-refractivity contribution in [1.29, 1.82) is 0 Å². The Labute approximate surface area is 252 Å². The number of nitrogens with zero attached hydrogens (tertiary/aromatic N) is 2. The Morgan fingerprint density at radius 2 is 1.36 bits per heavy atom. The fraction of sp³-hybridized carbons (Fsp3) is 0.212. The van der Waals surface area contributed by atoms with Gasteiger partial charge in [0.05, 0.1) is 10.6 Å². The summed E-state index contributed by atoms with van der Waals surface area (Å²) in [7, 11) is -2.60. The van der Waals surface area contributed by atoms with Gasteiger partial charge < -0.3 is 10.2 Å². The van der Waals surface area contributed by atoms with E-state index in [1.54, 1.807) is 54.6 Å². The molecule has 7 nitrogen and oxygen atoms in total. The lowest BCUT2D eigenvalue weighted by Gasteiger charge is -2.33. The van der Waals surface area contributed by atoms with Gasteiger partial charge in [0.15, 0.2) is 0 Å². The molecule has 0 saturated carbocycles. The number of benzene rings is 4. The van der Waals surface area contributed by atoms with Crippen molar-refractivity contribution in [3.63, 3.8) is 0 Å². The lowest BCUT2D eigenvalue weighted by atomic mass is 10.0. The van der Waals surface area contributed by atoms with Crippen LogP contribution in [-0.2, 0) is 39.0 Å². The predicted molar refractivity (Wildman–Crippen MR) is 167 cm³/mol. The van der Waals surface area contributed by atoms with E-state index in [-0.39, 0.29) is 23.8 Å². The van der Waals surface area contributed by atoms with Crippen molar-refractivity contribution in [3.8, 4) is 0 Å². The molecule has 0 aliphatic carbocycles. The molecule has 0 spiro atoms. The molecule has 0 heterocycles. The summed E-state index contributed by atoms with van der Waals surface area (Å²) in [6.07, 6.45) is 1.03. The number of sulfonamides is 1. The van der Waals surface area contributed by atoms with Crippen LogP contribution >= 0.6 is 11.6 Å². The first kappa shape index (κ1) is 30.8. The Morgan fingerprint density at radius 1 is 0.786 bits per heavy atom. The number of likely N-dealkylation sites (N-methyl/N-ethyl adjacent to an activating group) is 1. The van der Waals surface area contributed by atoms with Gasteiger partial charge in [0.1, 0.15) is 12.6 Å². The molecule has 0 saturated heterocycles. The zero-order valence-corrected chi connectivity index (χ0v) is 25.2. The van der Waals surface area contributed by atoms with E-state index >= 15 is 0 Å². The van der Waals surface area contributed by atoms with Gasteiger partial charge in [0, 0.05) is 25.0 Å². The van der Waals surface area contributed by atoms with E-state index in [9.17, 15) is 18.0 Å². The molecular weight excluding hydrogens is 570 g/mol. The normalized spacial score (nSPS) is 11.9. The van der Waals surface area contributed by atoms with E-state index in [0.29, 0.717) is 10.7 Å². The van der Waals surface area contributed by atoms with E-state index in [1.807, 2.05) is 49.4 Å². The average Bonchev–Trinajstić information content (AvgIpc) is 3.03. The number of rotatable bonds is 12. The first-order valence-electron chi connectivity index (χ1n) is 13.7. The Morgan fingerprint density at radius 3 is 1.93 bits per heavy atom.